The van der Waals surface area contributed by atoms with Gasteiger partial charge in [0.25, 0.3) is 5.91 Å². The standard InChI is InChI=1S/C19H21N3OS2/c1-3-15-9-7-8-14(2)18(15)20-19(24)22-21-17(23)12-13-25-16-10-5-4-6-11-16/h4-13H,3H2,1-2H3,(H,21,23)(H2,20,22,24)/b13-12+. The summed E-state index contributed by atoms with van der Waals surface area (Å²) < 4.78 is 0. The highest BCUT2D eigenvalue weighted by Crippen LogP contribution is 2.20. The molecule has 25 heavy (non-hydrogen) atoms. The van der Waals surface area contributed by atoms with Crippen molar-refractivity contribution in [3.8, 4) is 0 Å². The Labute approximate surface area is 158 Å². The van der Waals surface area contributed by atoms with Crippen LogP contribution in [0.25, 0.3) is 0 Å². The minimum atomic E-state index is -0.270. The summed E-state index contributed by atoms with van der Waals surface area (Å²) in [6.07, 6.45) is 2.36. The molecule has 0 aliphatic heterocycles. The van der Waals surface area contributed by atoms with Crippen molar-refractivity contribution in [3.05, 3.63) is 71.1 Å². The number of nitrogens with one attached hydrogen (secondary N) is 3. The van der Waals surface area contributed by atoms with E-state index in [2.05, 4.69) is 29.2 Å². The fourth-order valence-corrected chi connectivity index (χ4v) is 3.00. The molecule has 130 valence electrons. The number of carbonyl (C=O) groups is 1. The van der Waals surface area contributed by atoms with E-state index < -0.39 is 0 Å². The summed E-state index contributed by atoms with van der Waals surface area (Å²) in [6, 6.07) is 15.9. The molecule has 0 unspecified atom stereocenters. The van der Waals surface area contributed by atoms with Crippen LogP contribution in [0, 0.1) is 6.92 Å². The number of thiocarbonyl (C=S) groups is 1. The first kappa shape index (κ1) is 19.0. The van der Waals surface area contributed by atoms with Crippen LogP contribution in [0.2, 0.25) is 0 Å². The second-order valence-corrected chi connectivity index (χ2v) is 6.65. The molecule has 0 aliphatic rings. The number of thioether (sulfide) groups is 1. The Bertz CT molecular complexity index is 761. The van der Waals surface area contributed by atoms with Crippen molar-refractivity contribution in [3.63, 3.8) is 0 Å². The molecule has 6 heteroatoms. The van der Waals surface area contributed by atoms with Gasteiger partial charge < -0.3 is 5.32 Å². The maximum atomic E-state index is 11.8. The second kappa shape index (κ2) is 9.86. The number of hydrogen-bond acceptors (Lipinski definition) is 3. The van der Waals surface area contributed by atoms with Crippen LogP contribution in [0.15, 0.2) is 64.9 Å². The van der Waals surface area contributed by atoms with Crippen molar-refractivity contribution in [2.24, 2.45) is 0 Å². The number of amides is 1. The number of aryl methyl sites for hydroxylation is 2. The first-order valence-electron chi connectivity index (χ1n) is 7.94. The van der Waals surface area contributed by atoms with Crippen molar-refractivity contribution >= 4 is 40.7 Å². The molecule has 0 saturated heterocycles. The summed E-state index contributed by atoms with van der Waals surface area (Å²) in [5.41, 5.74) is 8.53. The van der Waals surface area contributed by atoms with E-state index in [9.17, 15) is 4.79 Å². The highest BCUT2D eigenvalue weighted by molar-refractivity contribution is 8.02. The van der Waals surface area contributed by atoms with E-state index >= 15 is 0 Å². The molecule has 2 aromatic rings. The number of rotatable bonds is 5. The predicted molar refractivity (Wildman–Crippen MR) is 109 cm³/mol. The molecule has 0 radical (unpaired) electrons. The molecule has 2 rings (SSSR count). The number of anilines is 1. The molecule has 0 aliphatic carbocycles. The molecule has 3 N–H and O–H groups in total. The van der Waals surface area contributed by atoms with Crippen LogP contribution in [0.1, 0.15) is 18.1 Å². The van der Waals surface area contributed by atoms with Gasteiger partial charge in [-0.1, -0.05) is 55.1 Å². The highest BCUT2D eigenvalue weighted by atomic mass is 32.2. The van der Waals surface area contributed by atoms with Crippen LogP contribution in [0.5, 0.6) is 0 Å². The van der Waals surface area contributed by atoms with Crippen molar-refractivity contribution < 1.29 is 4.79 Å². The van der Waals surface area contributed by atoms with Gasteiger partial charge in [-0.2, -0.15) is 0 Å². The lowest BCUT2D eigenvalue weighted by Gasteiger charge is -2.15. The van der Waals surface area contributed by atoms with Crippen molar-refractivity contribution in [1.82, 2.24) is 10.9 Å². The van der Waals surface area contributed by atoms with Gasteiger partial charge in [0.05, 0.1) is 0 Å². The van der Waals surface area contributed by atoms with Gasteiger partial charge in [-0.05, 0) is 54.2 Å². The largest absolute Gasteiger partial charge is 0.331 e. The number of hydrazine groups is 1. The molecule has 2 aromatic carbocycles. The molecule has 0 bridgehead atoms. The smallest absolute Gasteiger partial charge is 0.262 e. The normalized spacial score (nSPS) is 10.5. The van der Waals surface area contributed by atoms with Gasteiger partial charge in [-0.25, -0.2) is 0 Å². The van der Waals surface area contributed by atoms with E-state index in [4.69, 9.17) is 12.2 Å². The Morgan fingerprint density at radius 1 is 1.12 bits per heavy atom. The topological polar surface area (TPSA) is 53.2 Å². The minimum absolute atomic E-state index is 0.270. The third-order valence-electron chi connectivity index (χ3n) is 3.44. The Hall–Kier alpha value is -2.31. The second-order valence-electron chi connectivity index (χ2n) is 5.26. The zero-order valence-electron chi connectivity index (χ0n) is 14.2. The molecule has 0 atom stereocenters. The average molecular weight is 372 g/mol. The first-order chi connectivity index (χ1) is 12.1. The van der Waals surface area contributed by atoms with Gasteiger partial charge in [0.1, 0.15) is 0 Å². The summed E-state index contributed by atoms with van der Waals surface area (Å²) in [4.78, 5) is 12.9. The van der Waals surface area contributed by atoms with Gasteiger partial charge in [0.15, 0.2) is 5.11 Å². The molecule has 4 nitrogen and oxygen atoms in total. The van der Waals surface area contributed by atoms with Crippen LogP contribution in [0.4, 0.5) is 5.69 Å². The Morgan fingerprint density at radius 2 is 1.88 bits per heavy atom. The van der Waals surface area contributed by atoms with Crippen LogP contribution in [-0.4, -0.2) is 11.0 Å². The summed E-state index contributed by atoms with van der Waals surface area (Å²) in [5.74, 6) is -0.270. The van der Waals surface area contributed by atoms with Crippen LogP contribution >= 0.6 is 24.0 Å². The summed E-state index contributed by atoms with van der Waals surface area (Å²) in [7, 11) is 0. The van der Waals surface area contributed by atoms with Crippen molar-refractivity contribution in [1.29, 1.82) is 0 Å². The molecule has 0 heterocycles. The fourth-order valence-electron chi connectivity index (χ4n) is 2.18. The predicted octanol–water partition coefficient (Wildman–Crippen LogP) is 4.18. The number of benzene rings is 2. The van der Waals surface area contributed by atoms with Crippen molar-refractivity contribution in [2.45, 2.75) is 25.2 Å². The van der Waals surface area contributed by atoms with Gasteiger partial charge in [-0.15, -0.1) is 0 Å². The van der Waals surface area contributed by atoms with E-state index in [1.807, 2.05) is 49.4 Å². The Balaban J connectivity index is 1.81. The zero-order chi connectivity index (χ0) is 18.1. The Kier molecular flexibility index (Phi) is 7.50. The van der Waals surface area contributed by atoms with E-state index in [1.54, 1.807) is 5.41 Å². The van der Waals surface area contributed by atoms with E-state index in [-0.39, 0.29) is 5.91 Å². The maximum Gasteiger partial charge on any atom is 0.262 e. The lowest BCUT2D eigenvalue weighted by Crippen LogP contribution is -2.43. The van der Waals surface area contributed by atoms with Gasteiger partial charge in [-0.3, -0.25) is 15.6 Å². The zero-order valence-corrected chi connectivity index (χ0v) is 15.8. The van der Waals surface area contributed by atoms with E-state index in [1.165, 1.54) is 23.4 Å². The van der Waals surface area contributed by atoms with E-state index in [0.29, 0.717) is 5.11 Å². The molecule has 0 aromatic heterocycles. The molecule has 0 spiro atoms. The molecular formula is C19H21N3OS2. The number of para-hydroxylation sites is 1. The number of hydrogen-bond donors (Lipinski definition) is 3. The van der Waals surface area contributed by atoms with Crippen LogP contribution in [-0.2, 0) is 11.2 Å². The van der Waals surface area contributed by atoms with Gasteiger partial charge >= 0.3 is 0 Å². The molecule has 1 amide bonds. The lowest BCUT2D eigenvalue weighted by molar-refractivity contribution is -0.117. The maximum absolute atomic E-state index is 11.8. The molecular weight excluding hydrogens is 350 g/mol. The van der Waals surface area contributed by atoms with E-state index in [0.717, 1.165) is 22.6 Å². The summed E-state index contributed by atoms with van der Waals surface area (Å²) in [6.45, 7) is 4.11. The van der Waals surface area contributed by atoms with Crippen LogP contribution < -0.4 is 16.2 Å². The summed E-state index contributed by atoms with van der Waals surface area (Å²) in [5, 5.41) is 5.23. The third kappa shape index (κ3) is 6.25. The number of carbonyl (C=O) groups excluding carboxylic acids is 1. The van der Waals surface area contributed by atoms with Crippen LogP contribution in [0.3, 0.4) is 0 Å². The molecule has 0 saturated carbocycles. The first-order valence-corrected chi connectivity index (χ1v) is 9.22. The van der Waals surface area contributed by atoms with Gasteiger partial charge in [0.2, 0.25) is 0 Å². The monoisotopic (exact) mass is 371 g/mol. The minimum Gasteiger partial charge on any atom is -0.331 e. The quantitative estimate of drug-likeness (QED) is 0.319. The fraction of sp³-hybridized carbons (Fsp3) is 0.158. The molecule has 0 fully saturated rings. The summed E-state index contributed by atoms with van der Waals surface area (Å²) >= 11 is 6.72. The Morgan fingerprint density at radius 3 is 2.60 bits per heavy atom. The van der Waals surface area contributed by atoms with Crippen molar-refractivity contribution in [2.75, 3.05) is 5.32 Å². The van der Waals surface area contributed by atoms with Gasteiger partial charge in [0, 0.05) is 16.7 Å². The SMILES string of the molecule is CCc1cccc(C)c1NC(=S)NNC(=O)/C=C/Sc1ccccc1. The lowest BCUT2D eigenvalue weighted by atomic mass is 10.1. The third-order valence-corrected chi connectivity index (χ3v) is 4.47. The average Bonchev–Trinajstić information content (AvgIpc) is 2.62. The highest BCUT2D eigenvalue weighted by Gasteiger charge is 2.06.